The van der Waals surface area contributed by atoms with E-state index in [0.717, 1.165) is 4.47 Å². The zero-order valence-electron chi connectivity index (χ0n) is 15.9. The van der Waals surface area contributed by atoms with Gasteiger partial charge in [0.1, 0.15) is 17.0 Å². The van der Waals surface area contributed by atoms with Crippen LogP contribution in [0.3, 0.4) is 0 Å². The Morgan fingerprint density at radius 2 is 1.81 bits per heavy atom. The van der Waals surface area contributed by atoms with Crippen molar-refractivity contribution in [1.82, 2.24) is 4.98 Å². The number of hydrogen-bond acceptors (Lipinski definition) is 5. The monoisotopic (exact) mass is 501 g/mol. The topological polar surface area (TPSA) is 99.9 Å². The normalized spacial score (nSPS) is 31.0. The van der Waals surface area contributed by atoms with Crippen LogP contribution in [0, 0.1) is 5.92 Å². The van der Waals surface area contributed by atoms with E-state index in [1.807, 2.05) is 6.07 Å². The number of aliphatic carboxylic acids is 1. The molecule has 3 aromatic rings. The van der Waals surface area contributed by atoms with Crippen LogP contribution in [0.5, 0.6) is 5.75 Å². The van der Waals surface area contributed by atoms with Crippen molar-refractivity contribution < 1.29 is 24.9 Å². The number of pyridine rings is 1. The van der Waals surface area contributed by atoms with E-state index in [0.29, 0.717) is 11.1 Å². The second-order valence-electron chi connectivity index (χ2n) is 7.81. The lowest BCUT2D eigenvalue weighted by Gasteiger charge is -2.40. The van der Waals surface area contributed by atoms with Gasteiger partial charge in [-0.2, -0.15) is 0 Å². The number of carboxylic acids is 1. The number of aliphatic hydroxyl groups excluding tert-OH is 1. The van der Waals surface area contributed by atoms with E-state index in [-0.39, 0.29) is 16.5 Å². The van der Waals surface area contributed by atoms with Crippen LogP contribution in [0.1, 0.15) is 22.6 Å². The first-order valence-electron chi connectivity index (χ1n) is 9.60. The average Bonchev–Trinajstić information content (AvgIpc) is 3.12. The molecule has 6 nitrogen and oxygen atoms in total. The highest BCUT2D eigenvalue weighted by Gasteiger charge is 2.77. The molecular formula is C23H17BrClNO5. The van der Waals surface area contributed by atoms with E-state index in [9.17, 15) is 20.1 Å². The summed E-state index contributed by atoms with van der Waals surface area (Å²) in [5.74, 6) is -3.21. The van der Waals surface area contributed by atoms with Crippen molar-refractivity contribution >= 4 is 33.5 Å². The van der Waals surface area contributed by atoms with Gasteiger partial charge in [0.25, 0.3) is 0 Å². The van der Waals surface area contributed by atoms with E-state index >= 15 is 0 Å². The van der Waals surface area contributed by atoms with Crippen LogP contribution in [-0.2, 0) is 16.0 Å². The maximum absolute atomic E-state index is 12.4. The van der Waals surface area contributed by atoms with Gasteiger partial charge in [0, 0.05) is 22.7 Å². The standard InChI is InChI=1S/C23H17BrClNO5/c24-14-8-6-13(7-9-14)23-19(12-4-2-1-3-5-12)18(21(28)29)20(27)22(23,30)15-11-26-17(25)10-16(15)31-23/h1-11,18-20,27,30H,(H,28,29)/t18-,19-,20-,22?,23+/m1/s1. The first-order chi connectivity index (χ1) is 14.8. The number of fused-ring (bicyclic) bond motifs is 3. The molecule has 158 valence electrons. The minimum Gasteiger partial charge on any atom is -0.481 e. The van der Waals surface area contributed by atoms with Crippen molar-refractivity contribution in [2.75, 3.05) is 0 Å². The van der Waals surface area contributed by atoms with Crippen LogP contribution in [0.2, 0.25) is 5.15 Å². The van der Waals surface area contributed by atoms with Crippen molar-refractivity contribution in [3.63, 3.8) is 0 Å². The van der Waals surface area contributed by atoms with Gasteiger partial charge in [-0.15, -0.1) is 0 Å². The van der Waals surface area contributed by atoms with Crippen LogP contribution in [0.15, 0.2) is 71.3 Å². The Balaban J connectivity index is 1.87. The second-order valence-corrected chi connectivity index (χ2v) is 9.11. The highest BCUT2D eigenvalue weighted by Crippen LogP contribution is 2.68. The predicted molar refractivity (Wildman–Crippen MR) is 116 cm³/mol. The molecule has 1 aliphatic heterocycles. The Labute approximate surface area is 191 Å². The summed E-state index contributed by atoms with van der Waals surface area (Å²) in [6.07, 6.45) is -0.323. The summed E-state index contributed by atoms with van der Waals surface area (Å²) in [6, 6.07) is 17.5. The molecule has 5 atom stereocenters. The van der Waals surface area contributed by atoms with Gasteiger partial charge >= 0.3 is 5.97 Å². The fourth-order valence-electron chi connectivity index (χ4n) is 5.15. The number of carbonyl (C=O) groups is 1. The van der Waals surface area contributed by atoms with Crippen LogP contribution in [0.4, 0.5) is 0 Å². The molecule has 0 radical (unpaired) electrons. The number of benzene rings is 2. The highest BCUT2D eigenvalue weighted by molar-refractivity contribution is 9.10. The number of aliphatic hydroxyl groups is 2. The van der Waals surface area contributed by atoms with Crippen LogP contribution in [-0.4, -0.2) is 32.4 Å². The number of nitrogens with zero attached hydrogens (tertiary/aromatic N) is 1. The third kappa shape index (κ3) is 2.64. The van der Waals surface area contributed by atoms with Crippen molar-refractivity contribution in [3.8, 4) is 5.75 Å². The largest absolute Gasteiger partial charge is 0.481 e. The van der Waals surface area contributed by atoms with E-state index in [1.54, 1.807) is 48.5 Å². The molecule has 3 N–H and O–H groups in total. The summed E-state index contributed by atoms with van der Waals surface area (Å²) in [5.41, 5.74) is -2.33. The van der Waals surface area contributed by atoms with E-state index in [1.165, 1.54) is 12.3 Å². The van der Waals surface area contributed by atoms with Gasteiger partial charge in [-0.05, 0) is 23.3 Å². The van der Waals surface area contributed by atoms with Crippen LogP contribution in [0.25, 0.3) is 0 Å². The molecule has 31 heavy (non-hydrogen) atoms. The Hall–Kier alpha value is -2.45. The van der Waals surface area contributed by atoms with Crippen molar-refractivity contribution in [2.45, 2.75) is 23.2 Å². The Morgan fingerprint density at radius 3 is 2.45 bits per heavy atom. The lowest BCUT2D eigenvalue weighted by atomic mass is 9.71. The molecule has 0 amide bonds. The molecule has 5 rings (SSSR count). The number of rotatable bonds is 3. The molecule has 2 heterocycles. The number of aromatic nitrogens is 1. The van der Waals surface area contributed by atoms with Gasteiger partial charge < -0.3 is 20.1 Å². The van der Waals surface area contributed by atoms with Gasteiger partial charge in [-0.25, -0.2) is 4.98 Å². The molecule has 8 heteroatoms. The number of carboxylic acid groups (broad SMARTS) is 1. The number of ether oxygens (including phenoxy) is 1. The van der Waals surface area contributed by atoms with Gasteiger partial charge in [0.15, 0.2) is 11.2 Å². The second kappa shape index (κ2) is 7.03. The van der Waals surface area contributed by atoms with Gasteiger partial charge in [0.2, 0.25) is 0 Å². The molecule has 1 aliphatic carbocycles. The Morgan fingerprint density at radius 1 is 1.13 bits per heavy atom. The van der Waals surface area contributed by atoms with Gasteiger partial charge in [-0.1, -0.05) is 70.0 Å². The molecule has 1 aromatic heterocycles. The third-order valence-electron chi connectivity index (χ3n) is 6.36. The molecule has 1 unspecified atom stereocenters. The molecule has 0 saturated heterocycles. The maximum atomic E-state index is 12.4. The lowest BCUT2D eigenvalue weighted by Crippen LogP contribution is -2.52. The maximum Gasteiger partial charge on any atom is 0.310 e. The van der Waals surface area contributed by atoms with Crippen LogP contribution >= 0.6 is 27.5 Å². The summed E-state index contributed by atoms with van der Waals surface area (Å²) >= 11 is 9.48. The Kier molecular flexibility index (Phi) is 4.64. The zero-order valence-corrected chi connectivity index (χ0v) is 18.3. The van der Waals surface area contributed by atoms with E-state index in [4.69, 9.17) is 16.3 Å². The van der Waals surface area contributed by atoms with Gasteiger partial charge in [0.05, 0.1) is 11.5 Å². The SMILES string of the molecule is O=C(O)[C@H]1[C@@H](O)C2(O)c3cnc(Cl)cc3O[C@@]2(c2ccc(Br)cc2)[C@@H]1c1ccccc1. The van der Waals surface area contributed by atoms with E-state index < -0.39 is 35.1 Å². The molecule has 1 saturated carbocycles. The van der Waals surface area contributed by atoms with Crippen molar-refractivity contribution in [1.29, 1.82) is 0 Å². The summed E-state index contributed by atoms with van der Waals surface area (Å²) in [5, 5.41) is 33.7. The van der Waals surface area contributed by atoms with E-state index in [2.05, 4.69) is 20.9 Å². The summed E-state index contributed by atoms with van der Waals surface area (Å²) in [6.45, 7) is 0. The minimum absolute atomic E-state index is 0.161. The molecule has 1 fully saturated rings. The zero-order chi connectivity index (χ0) is 22.0. The Bertz CT molecular complexity index is 1170. The number of halogens is 2. The quantitative estimate of drug-likeness (QED) is 0.471. The smallest absolute Gasteiger partial charge is 0.310 e. The van der Waals surface area contributed by atoms with Gasteiger partial charge in [-0.3, -0.25) is 4.79 Å². The lowest BCUT2D eigenvalue weighted by molar-refractivity contribution is -0.159. The predicted octanol–water partition coefficient (Wildman–Crippen LogP) is 3.83. The fourth-order valence-corrected chi connectivity index (χ4v) is 5.56. The summed E-state index contributed by atoms with van der Waals surface area (Å²) in [7, 11) is 0. The molecule has 2 aromatic carbocycles. The summed E-state index contributed by atoms with van der Waals surface area (Å²) in [4.78, 5) is 16.4. The number of hydrogen-bond donors (Lipinski definition) is 3. The average molecular weight is 503 g/mol. The molecule has 0 bridgehead atoms. The molecule has 0 spiro atoms. The van der Waals surface area contributed by atoms with Crippen molar-refractivity contribution in [3.05, 3.63) is 93.2 Å². The molecule has 2 aliphatic rings. The van der Waals surface area contributed by atoms with Crippen LogP contribution < -0.4 is 4.74 Å². The molecular weight excluding hydrogens is 486 g/mol. The third-order valence-corrected chi connectivity index (χ3v) is 7.10. The first kappa shape index (κ1) is 20.5. The summed E-state index contributed by atoms with van der Waals surface area (Å²) < 4.78 is 7.24. The fraction of sp³-hybridized carbons (Fsp3) is 0.217. The minimum atomic E-state index is -2.07. The first-order valence-corrected chi connectivity index (χ1v) is 10.8. The van der Waals surface area contributed by atoms with Crippen molar-refractivity contribution in [2.24, 2.45) is 5.92 Å². The highest BCUT2D eigenvalue weighted by atomic mass is 79.9.